The van der Waals surface area contributed by atoms with Gasteiger partial charge in [-0.2, -0.15) is 5.10 Å². The van der Waals surface area contributed by atoms with Crippen molar-refractivity contribution < 1.29 is 14.3 Å². The van der Waals surface area contributed by atoms with Crippen LogP contribution in [0.3, 0.4) is 0 Å². The number of methoxy groups -OCH3 is 1. The zero-order chi connectivity index (χ0) is 21.6. The van der Waals surface area contributed by atoms with Gasteiger partial charge in [0.1, 0.15) is 11.5 Å². The zero-order valence-corrected chi connectivity index (χ0v) is 16.9. The molecule has 4 aromatic rings. The van der Waals surface area contributed by atoms with Crippen molar-refractivity contribution in [3.8, 4) is 23.2 Å². The van der Waals surface area contributed by atoms with Gasteiger partial charge in [0.05, 0.1) is 18.5 Å². The summed E-state index contributed by atoms with van der Waals surface area (Å²) in [6, 6.07) is 19.1. The quantitative estimate of drug-likeness (QED) is 0.482. The number of anilines is 2. The van der Waals surface area contributed by atoms with Crippen molar-refractivity contribution in [2.45, 2.75) is 6.92 Å². The monoisotopic (exact) mass is 416 g/mol. The smallest absolute Gasteiger partial charge is 0.323 e. The van der Waals surface area contributed by atoms with Gasteiger partial charge >= 0.3 is 6.03 Å². The Kier molecular flexibility index (Phi) is 5.75. The van der Waals surface area contributed by atoms with Crippen molar-refractivity contribution in [1.82, 2.24) is 20.0 Å². The number of para-hydroxylation sites is 2. The number of aryl methyl sites for hydroxylation is 1. The van der Waals surface area contributed by atoms with Crippen LogP contribution in [0.2, 0.25) is 0 Å². The van der Waals surface area contributed by atoms with Crippen molar-refractivity contribution in [3.05, 3.63) is 78.6 Å². The van der Waals surface area contributed by atoms with Crippen molar-refractivity contribution in [2.75, 3.05) is 17.7 Å². The fourth-order valence-electron chi connectivity index (χ4n) is 2.79. The van der Waals surface area contributed by atoms with E-state index in [0.29, 0.717) is 34.6 Å². The highest BCUT2D eigenvalue weighted by molar-refractivity contribution is 6.00. The highest BCUT2D eigenvalue weighted by Crippen LogP contribution is 2.24. The standard InChI is InChI=1S/C22H20N6O3/c1-15-13-14-28(27-15)20-11-12-21(26-25-20)31-17-9-7-16(8-10-17)23-22(29)24-18-5-3-4-6-19(18)30-2/h3-14H,1-2H3,(H2,23,24,29). The average molecular weight is 416 g/mol. The molecule has 0 fully saturated rings. The van der Waals surface area contributed by atoms with Gasteiger partial charge in [-0.15, -0.1) is 10.2 Å². The molecule has 0 bridgehead atoms. The molecule has 2 amide bonds. The third kappa shape index (κ3) is 4.96. The van der Waals surface area contributed by atoms with Gasteiger partial charge in [-0.25, -0.2) is 9.48 Å². The Morgan fingerprint density at radius 1 is 0.935 bits per heavy atom. The molecule has 0 unspecified atom stereocenters. The van der Waals surface area contributed by atoms with E-state index in [2.05, 4.69) is 25.9 Å². The van der Waals surface area contributed by atoms with Gasteiger partial charge < -0.3 is 20.1 Å². The van der Waals surface area contributed by atoms with E-state index in [1.165, 1.54) is 0 Å². The molecule has 0 aliphatic rings. The van der Waals surface area contributed by atoms with Crippen LogP contribution in [0.5, 0.6) is 17.4 Å². The minimum Gasteiger partial charge on any atom is -0.495 e. The van der Waals surface area contributed by atoms with Crippen molar-refractivity contribution in [2.24, 2.45) is 0 Å². The van der Waals surface area contributed by atoms with Gasteiger partial charge in [-0.05, 0) is 55.5 Å². The molecule has 0 spiro atoms. The van der Waals surface area contributed by atoms with E-state index in [1.54, 1.807) is 60.3 Å². The van der Waals surface area contributed by atoms with Crippen molar-refractivity contribution >= 4 is 17.4 Å². The van der Waals surface area contributed by atoms with Crippen molar-refractivity contribution in [1.29, 1.82) is 0 Å². The number of hydrogen-bond acceptors (Lipinski definition) is 6. The second kappa shape index (κ2) is 8.95. The number of urea groups is 1. The summed E-state index contributed by atoms with van der Waals surface area (Å²) >= 11 is 0. The topological polar surface area (TPSA) is 103 Å². The number of ether oxygens (including phenoxy) is 2. The minimum absolute atomic E-state index is 0.349. The number of hydrogen-bond donors (Lipinski definition) is 2. The Balaban J connectivity index is 1.35. The van der Waals surface area contributed by atoms with Crippen molar-refractivity contribution in [3.63, 3.8) is 0 Å². The van der Waals surface area contributed by atoms with Gasteiger partial charge in [0, 0.05) is 18.0 Å². The Labute approximate surface area is 178 Å². The Bertz CT molecular complexity index is 1170. The molecular formula is C22H20N6O3. The maximum absolute atomic E-state index is 12.2. The lowest BCUT2D eigenvalue weighted by atomic mass is 10.3. The van der Waals surface area contributed by atoms with Crippen LogP contribution in [0.25, 0.3) is 5.82 Å². The molecule has 31 heavy (non-hydrogen) atoms. The molecular weight excluding hydrogens is 396 g/mol. The molecule has 0 aliphatic heterocycles. The summed E-state index contributed by atoms with van der Waals surface area (Å²) in [6.45, 7) is 1.90. The first-order valence-corrected chi connectivity index (χ1v) is 9.46. The Hall–Kier alpha value is -4.40. The molecule has 0 aliphatic carbocycles. The summed E-state index contributed by atoms with van der Waals surface area (Å²) in [6.07, 6.45) is 1.82. The van der Waals surface area contributed by atoms with Crippen LogP contribution in [0.1, 0.15) is 5.69 Å². The normalized spacial score (nSPS) is 10.4. The molecule has 0 saturated heterocycles. The van der Waals surface area contributed by atoms with Gasteiger partial charge in [-0.1, -0.05) is 12.1 Å². The number of aromatic nitrogens is 4. The predicted octanol–water partition coefficient (Wildman–Crippen LogP) is 4.42. The molecule has 156 valence electrons. The van der Waals surface area contributed by atoms with Gasteiger partial charge in [0.2, 0.25) is 5.88 Å². The SMILES string of the molecule is COc1ccccc1NC(=O)Nc1ccc(Oc2ccc(-n3ccc(C)n3)nn2)cc1. The predicted molar refractivity (Wildman–Crippen MR) is 116 cm³/mol. The number of benzene rings is 2. The summed E-state index contributed by atoms with van der Waals surface area (Å²) in [5.74, 6) is 2.09. The second-order valence-corrected chi connectivity index (χ2v) is 6.54. The molecule has 2 aromatic carbocycles. The van der Waals surface area contributed by atoms with Crippen LogP contribution in [0.4, 0.5) is 16.2 Å². The van der Waals surface area contributed by atoms with E-state index >= 15 is 0 Å². The fraction of sp³-hybridized carbons (Fsp3) is 0.0909. The van der Waals surface area contributed by atoms with Gasteiger partial charge in [0.15, 0.2) is 5.82 Å². The number of carbonyl (C=O) groups excluding carboxylic acids is 1. The van der Waals surface area contributed by atoms with Crippen LogP contribution < -0.4 is 20.1 Å². The van der Waals surface area contributed by atoms with E-state index in [1.807, 2.05) is 31.3 Å². The van der Waals surface area contributed by atoms with E-state index in [-0.39, 0.29) is 6.03 Å². The first-order chi connectivity index (χ1) is 15.1. The number of rotatable bonds is 6. The number of carbonyl (C=O) groups is 1. The molecule has 2 N–H and O–H groups in total. The first-order valence-electron chi connectivity index (χ1n) is 9.46. The summed E-state index contributed by atoms with van der Waals surface area (Å²) in [4.78, 5) is 12.2. The molecule has 9 nitrogen and oxygen atoms in total. The first kappa shape index (κ1) is 19.9. The van der Waals surface area contributed by atoms with Crippen LogP contribution >= 0.6 is 0 Å². The molecule has 9 heteroatoms. The highest BCUT2D eigenvalue weighted by Gasteiger charge is 2.08. The third-order valence-electron chi connectivity index (χ3n) is 4.27. The van der Waals surface area contributed by atoms with E-state index in [0.717, 1.165) is 5.69 Å². The number of nitrogens with zero attached hydrogens (tertiary/aromatic N) is 4. The largest absolute Gasteiger partial charge is 0.495 e. The maximum Gasteiger partial charge on any atom is 0.323 e. The number of amides is 2. The average Bonchev–Trinajstić information content (AvgIpc) is 3.22. The van der Waals surface area contributed by atoms with Gasteiger partial charge in [-0.3, -0.25) is 0 Å². The van der Waals surface area contributed by atoms with E-state index in [9.17, 15) is 4.79 Å². The third-order valence-corrected chi connectivity index (χ3v) is 4.27. The lowest BCUT2D eigenvalue weighted by Gasteiger charge is -2.11. The lowest BCUT2D eigenvalue weighted by molar-refractivity contribution is 0.262. The zero-order valence-electron chi connectivity index (χ0n) is 16.9. The summed E-state index contributed by atoms with van der Waals surface area (Å²) in [5, 5.41) is 18.0. The summed E-state index contributed by atoms with van der Waals surface area (Å²) < 4.78 is 12.6. The molecule has 0 atom stereocenters. The summed E-state index contributed by atoms with van der Waals surface area (Å²) in [5.41, 5.74) is 2.08. The highest BCUT2D eigenvalue weighted by atomic mass is 16.5. The number of nitrogens with one attached hydrogen (secondary N) is 2. The lowest BCUT2D eigenvalue weighted by Crippen LogP contribution is -2.19. The molecule has 0 radical (unpaired) electrons. The Morgan fingerprint density at radius 3 is 2.42 bits per heavy atom. The van der Waals surface area contributed by atoms with Crippen LogP contribution in [-0.4, -0.2) is 33.1 Å². The molecule has 0 saturated carbocycles. The Morgan fingerprint density at radius 2 is 1.74 bits per heavy atom. The summed E-state index contributed by atoms with van der Waals surface area (Å²) in [7, 11) is 1.55. The minimum atomic E-state index is -0.381. The maximum atomic E-state index is 12.2. The van der Waals surface area contributed by atoms with Gasteiger partial charge in [0.25, 0.3) is 0 Å². The fourth-order valence-corrected chi connectivity index (χ4v) is 2.79. The molecule has 4 rings (SSSR count). The van der Waals surface area contributed by atoms with Crippen LogP contribution in [0.15, 0.2) is 72.9 Å². The van der Waals surface area contributed by atoms with Crippen LogP contribution in [-0.2, 0) is 0 Å². The van der Waals surface area contributed by atoms with E-state index < -0.39 is 0 Å². The van der Waals surface area contributed by atoms with E-state index in [4.69, 9.17) is 9.47 Å². The van der Waals surface area contributed by atoms with Crippen LogP contribution in [0, 0.1) is 6.92 Å². The molecule has 2 aromatic heterocycles. The second-order valence-electron chi connectivity index (χ2n) is 6.54. The molecule has 2 heterocycles.